The molecule has 144 valence electrons. The Labute approximate surface area is 164 Å². The maximum Gasteiger partial charge on any atom is 0.276 e. The van der Waals surface area contributed by atoms with Crippen molar-refractivity contribution < 1.29 is 14.3 Å². The first kappa shape index (κ1) is 19.2. The number of carbonyl (C=O) groups is 1. The van der Waals surface area contributed by atoms with Crippen LogP contribution in [0.25, 0.3) is 0 Å². The zero-order chi connectivity index (χ0) is 19.8. The third-order valence-electron chi connectivity index (χ3n) is 4.07. The van der Waals surface area contributed by atoms with Crippen molar-refractivity contribution in [3.05, 3.63) is 72.7 Å². The molecular formula is C21H22N4O3. The van der Waals surface area contributed by atoms with E-state index in [0.717, 1.165) is 17.2 Å². The quantitative estimate of drug-likeness (QED) is 0.607. The molecule has 3 aromatic rings. The van der Waals surface area contributed by atoms with Gasteiger partial charge in [-0.2, -0.15) is 0 Å². The molecule has 2 aromatic carbocycles. The number of carbonyl (C=O) groups excluding carboxylic acids is 1. The van der Waals surface area contributed by atoms with Gasteiger partial charge in [0.25, 0.3) is 5.91 Å². The van der Waals surface area contributed by atoms with Crippen LogP contribution >= 0.6 is 0 Å². The molecule has 7 heteroatoms. The summed E-state index contributed by atoms with van der Waals surface area (Å²) >= 11 is 0. The van der Waals surface area contributed by atoms with Gasteiger partial charge in [0.2, 0.25) is 0 Å². The molecule has 0 saturated heterocycles. The average molecular weight is 378 g/mol. The molecule has 1 aromatic heterocycles. The number of nitrogens with one attached hydrogen (secondary N) is 1. The Bertz CT molecular complexity index is 901. The van der Waals surface area contributed by atoms with Gasteiger partial charge >= 0.3 is 0 Å². The van der Waals surface area contributed by atoms with Crippen LogP contribution in [0.2, 0.25) is 0 Å². The van der Waals surface area contributed by atoms with Crippen LogP contribution in [-0.2, 0) is 0 Å². The fourth-order valence-electron chi connectivity index (χ4n) is 2.53. The Morgan fingerprint density at radius 1 is 1.04 bits per heavy atom. The number of aromatic nitrogens is 2. The summed E-state index contributed by atoms with van der Waals surface area (Å²) in [6, 6.07) is 18.4. The van der Waals surface area contributed by atoms with E-state index in [1.807, 2.05) is 54.6 Å². The number of hydrogen-bond donors (Lipinski definition) is 1. The van der Waals surface area contributed by atoms with Gasteiger partial charge in [0.15, 0.2) is 0 Å². The standard InChI is InChI=1S/C21H22N4O3/c1-25(16-6-4-3-5-7-16)21(26)19-14-20(24-15-23-19)22-12-13-28-18-10-8-17(27-2)9-11-18/h3-11,14-15H,12-13H2,1-2H3,(H,22,23,24). The fraction of sp³-hybridized carbons (Fsp3) is 0.190. The lowest BCUT2D eigenvalue weighted by Gasteiger charge is -2.17. The van der Waals surface area contributed by atoms with E-state index < -0.39 is 0 Å². The smallest absolute Gasteiger partial charge is 0.276 e. The minimum Gasteiger partial charge on any atom is -0.497 e. The molecule has 1 N–H and O–H groups in total. The number of amides is 1. The lowest BCUT2D eigenvalue weighted by atomic mass is 10.2. The number of rotatable bonds is 8. The summed E-state index contributed by atoms with van der Waals surface area (Å²) < 4.78 is 10.8. The first-order chi connectivity index (χ1) is 13.7. The minimum absolute atomic E-state index is 0.203. The molecule has 0 aliphatic heterocycles. The number of nitrogens with zero attached hydrogens (tertiary/aromatic N) is 3. The van der Waals surface area contributed by atoms with Crippen LogP contribution in [-0.4, -0.2) is 43.2 Å². The fourth-order valence-corrected chi connectivity index (χ4v) is 2.53. The lowest BCUT2D eigenvalue weighted by molar-refractivity contribution is 0.0988. The van der Waals surface area contributed by atoms with Crippen molar-refractivity contribution in [3.63, 3.8) is 0 Å². The number of methoxy groups -OCH3 is 1. The van der Waals surface area contributed by atoms with Crippen LogP contribution < -0.4 is 19.7 Å². The van der Waals surface area contributed by atoms with Crippen molar-refractivity contribution in [1.29, 1.82) is 0 Å². The summed E-state index contributed by atoms with van der Waals surface area (Å²) in [6.07, 6.45) is 1.37. The van der Waals surface area contributed by atoms with Gasteiger partial charge < -0.3 is 19.7 Å². The van der Waals surface area contributed by atoms with Crippen molar-refractivity contribution in [2.24, 2.45) is 0 Å². The molecule has 28 heavy (non-hydrogen) atoms. The number of para-hydroxylation sites is 1. The summed E-state index contributed by atoms with van der Waals surface area (Å²) in [4.78, 5) is 22.4. The normalized spacial score (nSPS) is 10.2. The summed E-state index contributed by atoms with van der Waals surface area (Å²) in [7, 11) is 3.34. The molecule has 0 saturated carbocycles. The maximum absolute atomic E-state index is 12.6. The van der Waals surface area contributed by atoms with Crippen molar-refractivity contribution in [1.82, 2.24) is 9.97 Å². The van der Waals surface area contributed by atoms with Gasteiger partial charge in [-0.1, -0.05) is 18.2 Å². The third kappa shape index (κ3) is 4.97. The molecule has 0 atom stereocenters. The molecule has 1 amide bonds. The maximum atomic E-state index is 12.6. The number of anilines is 2. The van der Waals surface area contributed by atoms with E-state index in [1.165, 1.54) is 6.33 Å². The van der Waals surface area contributed by atoms with Crippen LogP contribution in [0, 0.1) is 0 Å². The second-order valence-electron chi connectivity index (χ2n) is 5.94. The molecule has 0 bridgehead atoms. The predicted octanol–water partition coefficient (Wildman–Crippen LogP) is 3.25. The number of benzene rings is 2. The highest BCUT2D eigenvalue weighted by Gasteiger charge is 2.15. The van der Waals surface area contributed by atoms with Crippen molar-refractivity contribution in [3.8, 4) is 11.5 Å². The molecule has 0 spiro atoms. The van der Waals surface area contributed by atoms with Gasteiger partial charge in [-0.3, -0.25) is 4.79 Å². The molecule has 3 rings (SSSR count). The van der Waals surface area contributed by atoms with Gasteiger partial charge in [0.05, 0.1) is 13.7 Å². The molecule has 0 aliphatic rings. The van der Waals surface area contributed by atoms with E-state index in [9.17, 15) is 4.79 Å². The first-order valence-electron chi connectivity index (χ1n) is 8.83. The summed E-state index contributed by atoms with van der Waals surface area (Å²) in [5.74, 6) is 1.90. The summed E-state index contributed by atoms with van der Waals surface area (Å²) in [5.41, 5.74) is 1.12. The SMILES string of the molecule is COc1ccc(OCCNc2cc(C(=O)N(C)c3ccccc3)ncn2)cc1. The summed E-state index contributed by atoms with van der Waals surface area (Å²) in [6.45, 7) is 0.981. The van der Waals surface area contributed by atoms with E-state index >= 15 is 0 Å². The zero-order valence-corrected chi connectivity index (χ0v) is 15.8. The number of ether oxygens (including phenoxy) is 2. The molecule has 0 radical (unpaired) electrons. The van der Waals surface area contributed by atoms with Gasteiger partial charge in [-0.25, -0.2) is 9.97 Å². The van der Waals surface area contributed by atoms with E-state index in [4.69, 9.17) is 9.47 Å². The highest BCUT2D eigenvalue weighted by molar-refractivity contribution is 6.04. The van der Waals surface area contributed by atoms with Crippen LogP contribution in [0.3, 0.4) is 0 Å². The Balaban J connectivity index is 1.53. The van der Waals surface area contributed by atoms with Gasteiger partial charge in [-0.15, -0.1) is 0 Å². The molecule has 0 unspecified atom stereocenters. The van der Waals surface area contributed by atoms with Gasteiger partial charge in [0.1, 0.15) is 35.9 Å². The van der Waals surface area contributed by atoms with Crippen LogP contribution in [0.1, 0.15) is 10.5 Å². The molecule has 1 heterocycles. The average Bonchev–Trinajstić information content (AvgIpc) is 2.77. The van der Waals surface area contributed by atoms with E-state index in [-0.39, 0.29) is 5.91 Å². The zero-order valence-electron chi connectivity index (χ0n) is 15.8. The predicted molar refractivity (Wildman–Crippen MR) is 108 cm³/mol. The van der Waals surface area contributed by atoms with E-state index in [2.05, 4.69) is 15.3 Å². The van der Waals surface area contributed by atoms with E-state index in [1.54, 1.807) is 25.1 Å². The molecule has 0 fully saturated rings. The molecule has 7 nitrogen and oxygen atoms in total. The second-order valence-corrected chi connectivity index (χ2v) is 5.94. The first-order valence-corrected chi connectivity index (χ1v) is 8.83. The van der Waals surface area contributed by atoms with Crippen LogP contribution in [0.15, 0.2) is 67.0 Å². The van der Waals surface area contributed by atoms with Gasteiger partial charge in [0, 0.05) is 18.8 Å². The Morgan fingerprint density at radius 2 is 1.75 bits per heavy atom. The Hall–Kier alpha value is -3.61. The van der Waals surface area contributed by atoms with Crippen LogP contribution in [0.5, 0.6) is 11.5 Å². The topological polar surface area (TPSA) is 76.6 Å². The van der Waals surface area contributed by atoms with Crippen molar-refractivity contribution in [2.75, 3.05) is 37.5 Å². The monoisotopic (exact) mass is 378 g/mol. The van der Waals surface area contributed by atoms with Gasteiger partial charge in [-0.05, 0) is 36.4 Å². The van der Waals surface area contributed by atoms with Crippen molar-refractivity contribution >= 4 is 17.4 Å². The summed E-state index contributed by atoms with van der Waals surface area (Å²) in [5, 5.41) is 3.14. The largest absolute Gasteiger partial charge is 0.497 e. The Kier molecular flexibility index (Phi) is 6.41. The molecular weight excluding hydrogens is 356 g/mol. The highest BCUT2D eigenvalue weighted by atomic mass is 16.5. The highest BCUT2D eigenvalue weighted by Crippen LogP contribution is 2.17. The Morgan fingerprint density at radius 3 is 2.46 bits per heavy atom. The lowest BCUT2D eigenvalue weighted by Crippen LogP contribution is -2.27. The van der Waals surface area contributed by atoms with Crippen LogP contribution in [0.4, 0.5) is 11.5 Å². The minimum atomic E-state index is -0.203. The molecule has 0 aliphatic carbocycles. The third-order valence-corrected chi connectivity index (χ3v) is 4.07. The van der Waals surface area contributed by atoms with Crippen molar-refractivity contribution in [2.45, 2.75) is 0 Å². The van der Waals surface area contributed by atoms with E-state index in [0.29, 0.717) is 24.7 Å². The number of hydrogen-bond acceptors (Lipinski definition) is 6. The second kappa shape index (κ2) is 9.36.